The first-order chi connectivity index (χ1) is 13.3. The van der Waals surface area contributed by atoms with Crippen LogP contribution in [0.15, 0.2) is 47.7 Å². The van der Waals surface area contributed by atoms with Crippen molar-refractivity contribution in [2.75, 3.05) is 26.7 Å². The van der Waals surface area contributed by atoms with Crippen LogP contribution >= 0.6 is 0 Å². The van der Waals surface area contributed by atoms with Crippen molar-refractivity contribution in [3.63, 3.8) is 0 Å². The topological polar surface area (TPSA) is 57.5 Å². The maximum Gasteiger partial charge on any atom is 0.191 e. The number of benzene rings is 1. The molecule has 0 spiro atoms. The van der Waals surface area contributed by atoms with Crippen LogP contribution in [0, 0.1) is 0 Å². The van der Waals surface area contributed by atoms with Gasteiger partial charge in [-0.2, -0.15) is 5.10 Å². The number of aromatic nitrogens is 2. The van der Waals surface area contributed by atoms with E-state index in [9.17, 15) is 0 Å². The van der Waals surface area contributed by atoms with Crippen LogP contribution in [-0.4, -0.2) is 53.4 Å². The maximum atomic E-state index is 4.34. The Kier molecular flexibility index (Phi) is 7.27. The smallest absolute Gasteiger partial charge is 0.191 e. The van der Waals surface area contributed by atoms with E-state index in [1.54, 1.807) is 6.20 Å². The van der Waals surface area contributed by atoms with Crippen LogP contribution in [0.5, 0.6) is 0 Å². The highest BCUT2D eigenvalue weighted by Gasteiger charge is 2.19. The molecule has 27 heavy (non-hydrogen) atoms. The van der Waals surface area contributed by atoms with Crippen molar-refractivity contribution in [1.82, 2.24) is 25.3 Å². The van der Waals surface area contributed by atoms with Crippen molar-refractivity contribution in [3.05, 3.63) is 48.3 Å². The highest BCUT2D eigenvalue weighted by atomic mass is 15.3. The summed E-state index contributed by atoms with van der Waals surface area (Å²) in [5.74, 6) is 0.858. The zero-order valence-corrected chi connectivity index (χ0v) is 16.6. The molecule has 2 aromatic rings. The third kappa shape index (κ3) is 5.57. The average Bonchev–Trinajstić information content (AvgIpc) is 3.26. The van der Waals surface area contributed by atoms with E-state index in [-0.39, 0.29) is 0 Å². The van der Waals surface area contributed by atoms with Gasteiger partial charge in [0.05, 0.1) is 5.69 Å². The first-order valence-corrected chi connectivity index (χ1v) is 10.1. The molecule has 146 valence electrons. The number of guanidine groups is 1. The van der Waals surface area contributed by atoms with Crippen molar-refractivity contribution in [2.24, 2.45) is 4.99 Å². The zero-order chi connectivity index (χ0) is 18.9. The summed E-state index contributed by atoms with van der Waals surface area (Å²) in [6.45, 7) is 6.29. The van der Waals surface area contributed by atoms with Gasteiger partial charge in [0, 0.05) is 45.1 Å². The monoisotopic (exact) mass is 368 g/mol. The first kappa shape index (κ1) is 19.4. The molecule has 1 aliphatic heterocycles. The molecule has 2 N–H and O–H groups in total. The zero-order valence-electron chi connectivity index (χ0n) is 16.6. The highest BCUT2D eigenvalue weighted by molar-refractivity contribution is 5.79. The summed E-state index contributed by atoms with van der Waals surface area (Å²) in [5.41, 5.74) is 2.29. The van der Waals surface area contributed by atoms with Gasteiger partial charge in [-0.25, -0.2) is 4.68 Å². The van der Waals surface area contributed by atoms with Crippen LogP contribution in [0.1, 0.15) is 38.2 Å². The maximum absolute atomic E-state index is 4.34. The van der Waals surface area contributed by atoms with Gasteiger partial charge in [-0.05, 0) is 49.6 Å². The van der Waals surface area contributed by atoms with Crippen LogP contribution in [0.3, 0.4) is 0 Å². The standard InChI is InChI=1S/C21H32N6/c1-3-19-7-4-5-14-26(19)16-13-23-21(22-2)24-17-18-8-10-20(11-9-18)27-15-6-12-25-27/h6,8-12,15,19H,3-5,7,13-14,16-17H2,1-2H3,(H2,22,23,24). The van der Waals surface area contributed by atoms with E-state index in [4.69, 9.17) is 0 Å². The lowest BCUT2D eigenvalue weighted by Gasteiger charge is -2.35. The lowest BCUT2D eigenvalue weighted by molar-refractivity contribution is 0.147. The lowest BCUT2D eigenvalue weighted by Crippen LogP contribution is -2.45. The number of aliphatic imine (C=N–C) groups is 1. The molecule has 1 aromatic carbocycles. The largest absolute Gasteiger partial charge is 0.355 e. The van der Waals surface area contributed by atoms with Crippen LogP contribution in [0.2, 0.25) is 0 Å². The SMILES string of the molecule is CCC1CCCCN1CCNC(=NC)NCc1ccc(-n2cccn2)cc1. The summed E-state index contributed by atoms with van der Waals surface area (Å²) >= 11 is 0. The second-order valence-electron chi connectivity index (χ2n) is 7.06. The Morgan fingerprint density at radius 3 is 2.78 bits per heavy atom. The molecule has 0 bridgehead atoms. The highest BCUT2D eigenvalue weighted by Crippen LogP contribution is 2.18. The van der Waals surface area contributed by atoms with Gasteiger partial charge in [0.1, 0.15) is 0 Å². The minimum Gasteiger partial charge on any atom is -0.355 e. The van der Waals surface area contributed by atoms with E-state index in [1.807, 2.05) is 24.0 Å². The van der Waals surface area contributed by atoms with Gasteiger partial charge in [-0.15, -0.1) is 0 Å². The Balaban J connectivity index is 1.42. The van der Waals surface area contributed by atoms with Crippen LogP contribution in [0.25, 0.3) is 5.69 Å². The summed E-state index contributed by atoms with van der Waals surface area (Å²) < 4.78 is 1.86. The molecule has 2 heterocycles. The second-order valence-corrected chi connectivity index (χ2v) is 7.06. The summed E-state index contributed by atoms with van der Waals surface area (Å²) in [5, 5.41) is 11.1. The molecule has 0 radical (unpaired) electrons. The molecule has 3 rings (SSSR count). The predicted molar refractivity (Wildman–Crippen MR) is 111 cm³/mol. The molecule has 1 atom stereocenters. The van der Waals surface area contributed by atoms with Gasteiger partial charge < -0.3 is 10.6 Å². The fourth-order valence-corrected chi connectivity index (χ4v) is 3.73. The Labute approximate surface area is 162 Å². The number of hydrogen-bond donors (Lipinski definition) is 2. The Morgan fingerprint density at radius 1 is 1.22 bits per heavy atom. The minimum atomic E-state index is 0.750. The normalized spacial score (nSPS) is 18.4. The third-order valence-corrected chi connectivity index (χ3v) is 5.30. The summed E-state index contributed by atoms with van der Waals surface area (Å²) in [4.78, 5) is 6.97. The molecule has 1 fully saturated rings. The van der Waals surface area contributed by atoms with Crippen LogP contribution < -0.4 is 10.6 Å². The van der Waals surface area contributed by atoms with Gasteiger partial charge in [0.15, 0.2) is 5.96 Å². The molecule has 1 aromatic heterocycles. The number of nitrogens with zero attached hydrogens (tertiary/aromatic N) is 4. The predicted octanol–water partition coefficient (Wildman–Crippen LogP) is 2.80. The van der Waals surface area contributed by atoms with Crippen molar-refractivity contribution in [1.29, 1.82) is 0 Å². The van der Waals surface area contributed by atoms with Gasteiger partial charge in [-0.1, -0.05) is 25.5 Å². The number of piperidine rings is 1. The van der Waals surface area contributed by atoms with E-state index in [2.05, 4.69) is 56.8 Å². The Hall–Kier alpha value is -2.34. The lowest BCUT2D eigenvalue weighted by atomic mass is 10.0. The molecule has 1 saturated heterocycles. The van der Waals surface area contributed by atoms with Crippen LogP contribution in [-0.2, 0) is 6.54 Å². The van der Waals surface area contributed by atoms with Gasteiger partial charge in [0.25, 0.3) is 0 Å². The number of nitrogens with one attached hydrogen (secondary N) is 2. The van der Waals surface area contributed by atoms with E-state index in [0.29, 0.717) is 0 Å². The molecular formula is C21H32N6. The molecule has 1 aliphatic rings. The molecule has 1 unspecified atom stereocenters. The molecule has 0 saturated carbocycles. The van der Waals surface area contributed by atoms with E-state index >= 15 is 0 Å². The van der Waals surface area contributed by atoms with Crippen molar-refractivity contribution in [3.8, 4) is 5.69 Å². The number of rotatable bonds is 7. The Bertz CT molecular complexity index is 692. The molecule has 0 aliphatic carbocycles. The average molecular weight is 369 g/mol. The fourth-order valence-electron chi connectivity index (χ4n) is 3.73. The molecule has 6 heteroatoms. The Morgan fingerprint density at radius 2 is 2.07 bits per heavy atom. The number of hydrogen-bond acceptors (Lipinski definition) is 3. The molecule has 0 amide bonds. The number of likely N-dealkylation sites (tertiary alicyclic amines) is 1. The third-order valence-electron chi connectivity index (χ3n) is 5.30. The summed E-state index contributed by atoms with van der Waals surface area (Å²) in [6, 6.07) is 11.1. The van der Waals surface area contributed by atoms with Crippen molar-refractivity contribution >= 4 is 5.96 Å². The van der Waals surface area contributed by atoms with E-state index < -0.39 is 0 Å². The first-order valence-electron chi connectivity index (χ1n) is 10.1. The van der Waals surface area contributed by atoms with Crippen molar-refractivity contribution in [2.45, 2.75) is 45.2 Å². The van der Waals surface area contributed by atoms with E-state index in [0.717, 1.165) is 37.3 Å². The quantitative estimate of drug-likeness (QED) is 0.583. The fraction of sp³-hybridized carbons (Fsp3) is 0.524. The van der Waals surface area contributed by atoms with Gasteiger partial charge in [-0.3, -0.25) is 9.89 Å². The minimum absolute atomic E-state index is 0.750. The molecule has 6 nitrogen and oxygen atoms in total. The second kappa shape index (κ2) is 10.1. The van der Waals surface area contributed by atoms with E-state index in [1.165, 1.54) is 37.8 Å². The molecular weight excluding hydrogens is 336 g/mol. The van der Waals surface area contributed by atoms with Crippen LogP contribution in [0.4, 0.5) is 0 Å². The summed E-state index contributed by atoms with van der Waals surface area (Å²) in [7, 11) is 1.83. The van der Waals surface area contributed by atoms with Gasteiger partial charge >= 0.3 is 0 Å². The summed E-state index contributed by atoms with van der Waals surface area (Å²) in [6.07, 6.45) is 9.05. The van der Waals surface area contributed by atoms with Gasteiger partial charge in [0.2, 0.25) is 0 Å². The van der Waals surface area contributed by atoms with Crippen molar-refractivity contribution < 1.29 is 0 Å².